The second-order valence-electron chi connectivity index (χ2n) is 8.03. The number of rotatable bonds is 8. The molecule has 1 aromatic carbocycles. The molecule has 3 rings (SSSR count). The van der Waals surface area contributed by atoms with E-state index in [1.54, 1.807) is 7.11 Å². The summed E-state index contributed by atoms with van der Waals surface area (Å²) in [6.07, 6.45) is 6.75. The first-order valence-electron chi connectivity index (χ1n) is 11.3. The molecule has 1 amide bonds. The monoisotopic (exact) mass is 416 g/mol. The van der Waals surface area contributed by atoms with Gasteiger partial charge in [-0.3, -0.25) is 4.79 Å². The average Bonchev–Trinajstić information content (AvgIpc) is 3.25. The van der Waals surface area contributed by atoms with E-state index in [0.717, 1.165) is 56.4 Å². The zero-order valence-corrected chi connectivity index (χ0v) is 18.4. The molecule has 1 unspecified atom stereocenters. The van der Waals surface area contributed by atoms with Gasteiger partial charge in [0.05, 0.1) is 13.7 Å². The SMILES string of the molecule is CCNC(=NCCOc1ccc(OC)cc1)NC1CCN(C(=O)C2CCCCC2)C1. The van der Waals surface area contributed by atoms with Gasteiger partial charge in [-0.2, -0.15) is 0 Å². The predicted octanol–water partition coefficient (Wildman–Crippen LogP) is 2.81. The summed E-state index contributed by atoms with van der Waals surface area (Å²) in [5.41, 5.74) is 0. The van der Waals surface area contributed by atoms with Crippen molar-refractivity contribution >= 4 is 11.9 Å². The highest BCUT2D eigenvalue weighted by atomic mass is 16.5. The fraction of sp³-hybridized carbons (Fsp3) is 0.652. The molecule has 0 bridgehead atoms. The number of carbonyl (C=O) groups excluding carboxylic acids is 1. The molecule has 1 saturated heterocycles. The zero-order valence-electron chi connectivity index (χ0n) is 18.4. The van der Waals surface area contributed by atoms with Crippen LogP contribution in [0.25, 0.3) is 0 Å². The molecule has 2 aliphatic rings. The fourth-order valence-electron chi connectivity index (χ4n) is 4.19. The molecule has 1 heterocycles. The normalized spacial score (nSPS) is 20.1. The van der Waals surface area contributed by atoms with Crippen molar-refractivity contribution in [3.63, 3.8) is 0 Å². The van der Waals surface area contributed by atoms with E-state index in [9.17, 15) is 4.79 Å². The number of ether oxygens (including phenoxy) is 2. The van der Waals surface area contributed by atoms with Crippen LogP contribution in [0.3, 0.4) is 0 Å². The number of nitrogens with zero attached hydrogens (tertiary/aromatic N) is 2. The Bertz CT molecular complexity index is 686. The van der Waals surface area contributed by atoms with Crippen LogP contribution < -0.4 is 20.1 Å². The lowest BCUT2D eigenvalue weighted by molar-refractivity contribution is -0.135. The average molecular weight is 417 g/mol. The molecule has 1 aliphatic heterocycles. The van der Waals surface area contributed by atoms with E-state index in [0.29, 0.717) is 19.1 Å². The maximum atomic E-state index is 12.8. The number of carbonyl (C=O) groups is 1. The number of amides is 1. The summed E-state index contributed by atoms with van der Waals surface area (Å²) < 4.78 is 10.9. The van der Waals surface area contributed by atoms with Crippen LogP contribution in [0.15, 0.2) is 29.3 Å². The molecule has 2 N–H and O–H groups in total. The topological polar surface area (TPSA) is 75.2 Å². The first-order valence-corrected chi connectivity index (χ1v) is 11.3. The van der Waals surface area contributed by atoms with Crippen LogP contribution in [0.4, 0.5) is 0 Å². The fourth-order valence-corrected chi connectivity index (χ4v) is 4.19. The van der Waals surface area contributed by atoms with Crippen LogP contribution in [0.2, 0.25) is 0 Å². The summed E-state index contributed by atoms with van der Waals surface area (Å²) in [7, 11) is 1.65. The summed E-state index contributed by atoms with van der Waals surface area (Å²) in [5.74, 6) is 3.00. The third-order valence-corrected chi connectivity index (χ3v) is 5.83. The number of hydrogen-bond donors (Lipinski definition) is 2. The lowest BCUT2D eigenvalue weighted by atomic mass is 9.88. The number of hydrogen-bond acceptors (Lipinski definition) is 4. The van der Waals surface area contributed by atoms with Crippen molar-refractivity contribution in [2.24, 2.45) is 10.9 Å². The van der Waals surface area contributed by atoms with Crippen LogP contribution >= 0.6 is 0 Å². The Morgan fingerprint density at radius 3 is 2.57 bits per heavy atom. The van der Waals surface area contributed by atoms with Gasteiger partial charge in [-0.05, 0) is 50.5 Å². The van der Waals surface area contributed by atoms with Crippen LogP contribution in [-0.4, -0.2) is 62.7 Å². The molecule has 0 spiro atoms. The number of benzene rings is 1. The quantitative estimate of drug-likeness (QED) is 0.387. The number of guanidine groups is 1. The van der Waals surface area contributed by atoms with Gasteiger partial charge in [0.25, 0.3) is 0 Å². The van der Waals surface area contributed by atoms with Crippen molar-refractivity contribution in [3.8, 4) is 11.5 Å². The van der Waals surface area contributed by atoms with Crippen molar-refractivity contribution in [1.29, 1.82) is 0 Å². The summed E-state index contributed by atoms with van der Waals surface area (Å²) in [6.45, 7) is 5.51. The molecule has 166 valence electrons. The molecule has 7 nitrogen and oxygen atoms in total. The predicted molar refractivity (Wildman–Crippen MR) is 119 cm³/mol. The Balaban J connectivity index is 1.43. The molecule has 30 heavy (non-hydrogen) atoms. The van der Waals surface area contributed by atoms with E-state index < -0.39 is 0 Å². The molecular weight excluding hydrogens is 380 g/mol. The number of methoxy groups -OCH3 is 1. The highest BCUT2D eigenvalue weighted by Gasteiger charge is 2.31. The van der Waals surface area contributed by atoms with Crippen molar-refractivity contribution < 1.29 is 14.3 Å². The number of aliphatic imine (C=N–C) groups is 1. The van der Waals surface area contributed by atoms with Gasteiger partial charge in [0.1, 0.15) is 18.1 Å². The molecule has 2 fully saturated rings. The smallest absolute Gasteiger partial charge is 0.225 e. The summed E-state index contributed by atoms with van der Waals surface area (Å²) in [5, 5.41) is 6.79. The first kappa shape index (κ1) is 22.2. The van der Waals surface area contributed by atoms with Gasteiger partial charge in [-0.15, -0.1) is 0 Å². The lowest BCUT2D eigenvalue weighted by Gasteiger charge is -2.26. The Kier molecular flexibility index (Phi) is 8.66. The van der Waals surface area contributed by atoms with Gasteiger partial charge in [-0.25, -0.2) is 4.99 Å². The standard InChI is InChI=1S/C23H36N4O3/c1-3-24-23(25-14-16-30-21-11-9-20(29-2)10-12-21)26-19-13-15-27(17-19)22(28)18-7-5-4-6-8-18/h9-12,18-19H,3-8,13-17H2,1-2H3,(H2,24,25,26). The lowest BCUT2D eigenvalue weighted by Crippen LogP contribution is -2.45. The van der Waals surface area contributed by atoms with Crippen LogP contribution in [0.5, 0.6) is 11.5 Å². The van der Waals surface area contributed by atoms with E-state index in [4.69, 9.17) is 9.47 Å². The third-order valence-electron chi connectivity index (χ3n) is 5.83. The molecule has 1 aromatic rings. The summed E-state index contributed by atoms with van der Waals surface area (Å²) in [4.78, 5) is 19.4. The van der Waals surface area contributed by atoms with Crippen molar-refractivity contribution in [2.75, 3.05) is 39.9 Å². The Labute approximate surface area is 180 Å². The number of likely N-dealkylation sites (tertiary alicyclic amines) is 1. The van der Waals surface area contributed by atoms with Gasteiger partial charge in [0.15, 0.2) is 5.96 Å². The van der Waals surface area contributed by atoms with Gasteiger partial charge >= 0.3 is 0 Å². The highest BCUT2D eigenvalue weighted by Crippen LogP contribution is 2.26. The Morgan fingerprint density at radius 1 is 1.13 bits per heavy atom. The summed E-state index contributed by atoms with van der Waals surface area (Å²) in [6, 6.07) is 7.79. The molecule has 7 heteroatoms. The zero-order chi connectivity index (χ0) is 21.2. The van der Waals surface area contributed by atoms with Gasteiger partial charge in [-0.1, -0.05) is 19.3 Å². The van der Waals surface area contributed by atoms with E-state index in [1.807, 2.05) is 29.2 Å². The molecular formula is C23H36N4O3. The van der Waals surface area contributed by atoms with Gasteiger partial charge in [0, 0.05) is 31.6 Å². The van der Waals surface area contributed by atoms with E-state index in [1.165, 1.54) is 19.3 Å². The van der Waals surface area contributed by atoms with E-state index in [-0.39, 0.29) is 12.0 Å². The highest BCUT2D eigenvalue weighted by molar-refractivity contribution is 5.81. The molecule has 1 atom stereocenters. The van der Waals surface area contributed by atoms with E-state index in [2.05, 4.69) is 22.5 Å². The second-order valence-corrected chi connectivity index (χ2v) is 8.03. The van der Waals surface area contributed by atoms with Gasteiger partial charge < -0.3 is 25.0 Å². The van der Waals surface area contributed by atoms with Crippen molar-refractivity contribution in [1.82, 2.24) is 15.5 Å². The van der Waals surface area contributed by atoms with Crippen molar-refractivity contribution in [3.05, 3.63) is 24.3 Å². The maximum Gasteiger partial charge on any atom is 0.225 e. The minimum Gasteiger partial charge on any atom is -0.497 e. The number of nitrogens with one attached hydrogen (secondary N) is 2. The third kappa shape index (κ3) is 6.54. The minimum absolute atomic E-state index is 0.245. The second kappa shape index (κ2) is 11.7. The Morgan fingerprint density at radius 2 is 1.87 bits per heavy atom. The van der Waals surface area contributed by atoms with Gasteiger partial charge in [0.2, 0.25) is 5.91 Å². The largest absolute Gasteiger partial charge is 0.497 e. The maximum absolute atomic E-state index is 12.8. The molecule has 1 saturated carbocycles. The Hall–Kier alpha value is -2.44. The van der Waals surface area contributed by atoms with E-state index >= 15 is 0 Å². The van der Waals surface area contributed by atoms with Crippen LogP contribution in [-0.2, 0) is 4.79 Å². The minimum atomic E-state index is 0.245. The summed E-state index contributed by atoms with van der Waals surface area (Å²) >= 11 is 0. The van der Waals surface area contributed by atoms with Crippen LogP contribution in [0, 0.1) is 5.92 Å². The molecule has 0 radical (unpaired) electrons. The van der Waals surface area contributed by atoms with Crippen LogP contribution in [0.1, 0.15) is 45.4 Å². The first-order chi connectivity index (χ1) is 14.7. The molecule has 1 aliphatic carbocycles. The van der Waals surface area contributed by atoms with Crippen molar-refractivity contribution in [2.45, 2.75) is 51.5 Å². The molecule has 0 aromatic heterocycles.